The molecule has 29 heavy (non-hydrogen) atoms. The maximum absolute atomic E-state index is 12.4. The van der Waals surface area contributed by atoms with Crippen LogP contribution >= 0.6 is 11.6 Å². The number of nitrogens with one attached hydrogen (secondary N) is 1. The summed E-state index contributed by atoms with van der Waals surface area (Å²) in [6, 6.07) is 8.74. The Bertz CT molecular complexity index is 1140. The molecule has 0 atom stereocenters. The minimum absolute atomic E-state index is 0.0481. The molecule has 0 saturated heterocycles. The number of pyridine rings is 2. The van der Waals surface area contributed by atoms with Gasteiger partial charge in [-0.2, -0.15) is 10.4 Å². The number of carbonyl (C=O) groups is 1. The number of anilines is 1. The fourth-order valence-electron chi connectivity index (χ4n) is 3.58. The number of halogens is 1. The summed E-state index contributed by atoms with van der Waals surface area (Å²) in [6.45, 7) is 5.28. The van der Waals surface area contributed by atoms with E-state index in [4.69, 9.17) is 16.9 Å². The molecule has 0 fully saturated rings. The summed E-state index contributed by atoms with van der Waals surface area (Å²) in [5.74, 6) is 0.137. The Morgan fingerprint density at radius 3 is 2.97 bits per heavy atom. The smallest absolute Gasteiger partial charge is 0.231 e. The van der Waals surface area contributed by atoms with E-state index in [1.165, 1.54) is 6.20 Å². The van der Waals surface area contributed by atoms with Crippen LogP contribution in [0.15, 0.2) is 36.7 Å². The van der Waals surface area contributed by atoms with E-state index in [1.54, 1.807) is 24.3 Å². The first-order valence-electron chi connectivity index (χ1n) is 9.21. The number of rotatable bonds is 4. The van der Waals surface area contributed by atoms with Crippen LogP contribution in [0.2, 0.25) is 5.02 Å². The van der Waals surface area contributed by atoms with Crippen molar-refractivity contribution in [3.63, 3.8) is 0 Å². The predicted molar refractivity (Wildman–Crippen MR) is 109 cm³/mol. The summed E-state index contributed by atoms with van der Waals surface area (Å²) in [5.41, 5.74) is 3.84. The van der Waals surface area contributed by atoms with Crippen LogP contribution in [-0.4, -0.2) is 25.7 Å². The Morgan fingerprint density at radius 2 is 2.17 bits per heavy atom. The Morgan fingerprint density at radius 1 is 1.34 bits per heavy atom. The number of hydrogen-bond acceptors (Lipinski definition) is 5. The fourth-order valence-corrected chi connectivity index (χ4v) is 3.78. The predicted octanol–water partition coefficient (Wildman–Crippen LogP) is 3.63. The van der Waals surface area contributed by atoms with E-state index in [1.807, 2.05) is 16.9 Å². The molecular weight excluding hydrogens is 388 g/mol. The molecule has 4 rings (SSSR count). The van der Waals surface area contributed by atoms with Crippen LogP contribution in [0.4, 0.5) is 5.82 Å². The quantitative estimate of drug-likeness (QED) is 0.713. The van der Waals surface area contributed by atoms with Gasteiger partial charge in [0.2, 0.25) is 5.91 Å². The van der Waals surface area contributed by atoms with Crippen LogP contribution in [-0.2, 0) is 24.2 Å². The molecule has 1 aliphatic rings. The largest absolute Gasteiger partial charge is 0.310 e. The lowest BCUT2D eigenvalue weighted by Gasteiger charge is -2.14. The molecule has 7 nitrogen and oxygen atoms in total. The summed E-state index contributed by atoms with van der Waals surface area (Å²) >= 11 is 6.41. The Hall–Kier alpha value is -3.24. The number of nitrogens with zero attached hydrogens (tertiary/aromatic N) is 5. The summed E-state index contributed by atoms with van der Waals surface area (Å²) < 4.78 is 2.01. The second kappa shape index (κ2) is 7.30. The highest BCUT2D eigenvalue weighted by Crippen LogP contribution is 2.39. The van der Waals surface area contributed by atoms with Crippen LogP contribution in [0, 0.1) is 16.7 Å². The van der Waals surface area contributed by atoms with Crippen molar-refractivity contribution in [1.82, 2.24) is 19.7 Å². The number of hydrogen-bond donors (Lipinski definition) is 1. The zero-order chi connectivity index (χ0) is 20.6. The normalized spacial score (nSPS) is 14.3. The minimum Gasteiger partial charge on any atom is -0.310 e. The third-order valence-corrected chi connectivity index (χ3v) is 5.15. The molecule has 0 spiro atoms. The molecule has 3 aromatic heterocycles. The third kappa shape index (κ3) is 3.98. The van der Waals surface area contributed by atoms with Crippen LogP contribution in [0.25, 0.3) is 11.1 Å². The van der Waals surface area contributed by atoms with E-state index in [0.717, 1.165) is 29.8 Å². The lowest BCUT2D eigenvalue weighted by molar-refractivity contribution is -0.115. The molecule has 0 bridgehead atoms. The molecular formula is C21H19ClN6O. The first-order chi connectivity index (χ1) is 13.8. The lowest BCUT2D eigenvalue weighted by Crippen LogP contribution is -2.16. The highest BCUT2D eigenvalue weighted by atomic mass is 35.5. The van der Waals surface area contributed by atoms with E-state index in [9.17, 15) is 4.79 Å². The number of fused-ring (bicyclic) bond motifs is 1. The van der Waals surface area contributed by atoms with Gasteiger partial charge in [-0.3, -0.25) is 9.48 Å². The SMILES string of the molecule is CC1(C)Cc2c(-c3cc(NC(=O)Cc4cccc(C#N)n4)ncc3Cl)cnn2C1. The second-order valence-corrected chi connectivity index (χ2v) is 8.31. The first kappa shape index (κ1) is 19.1. The van der Waals surface area contributed by atoms with Gasteiger partial charge in [0.15, 0.2) is 0 Å². The number of aromatic nitrogens is 4. The van der Waals surface area contributed by atoms with Gasteiger partial charge in [-0.1, -0.05) is 31.5 Å². The highest BCUT2D eigenvalue weighted by molar-refractivity contribution is 6.33. The molecule has 146 valence electrons. The number of amides is 1. The summed E-state index contributed by atoms with van der Waals surface area (Å²) in [5, 5.41) is 16.7. The summed E-state index contributed by atoms with van der Waals surface area (Å²) in [6.07, 6.45) is 4.30. The first-order valence-corrected chi connectivity index (χ1v) is 9.59. The zero-order valence-corrected chi connectivity index (χ0v) is 16.9. The summed E-state index contributed by atoms with van der Waals surface area (Å²) in [4.78, 5) is 20.8. The maximum Gasteiger partial charge on any atom is 0.231 e. The van der Waals surface area contributed by atoms with Crippen molar-refractivity contribution in [2.45, 2.75) is 33.2 Å². The van der Waals surface area contributed by atoms with Crippen LogP contribution < -0.4 is 5.32 Å². The third-order valence-electron chi connectivity index (χ3n) is 4.85. The van der Waals surface area contributed by atoms with E-state index in [0.29, 0.717) is 16.5 Å². The second-order valence-electron chi connectivity index (χ2n) is 7.90. The van der Waals surface area contributed by atoms with Crippen molar-refractivity contribution in [2.75, 3.05) is 5.32 Å². The molecule has 1 amide bonds. The minimum atomic E-state index is -0.269. The monoisotopic (exact) mass is 406 g/mol. The molecule has 0 unspecified atom stereocenters. The van der Waals surface area contributed by atoms with E-state index in [2.05, 4.69) is 34.2 Å². The average molecular weight is 407 g/mol. The van der Waals surface area contributed by atoms with E-state index < -0.39 is 0 Å². The van der Waals surface area contributed by atoms with Gasteiger partial charge in [-0.25, -0.2) is 9.97 Å². The van der Waals surface area contributed by atoms with Gasteiger partial charge in [-0.15, -0.1) is 0 Å². The van der Waals surface area contributed by atoms with Gasteiger partial charge < -0.3 is 5.32 Å². The Kier molecular flexibility index (Phi) is 4.81. The van der Waals surface area contributed by atoms with Crippen molar-refractivity contribution in [1.29, 1.82) is 5.26 Å². The summed E-state index contributed by atoms with van der Waals surface area (Å²) in [7, 11) is 0. The lowest BCUT2D eigenvalue weighted by atomic mass is 9.89. The highest BCUT2D eigenvalue weighted by Gasteiger charge is 2.32. The Balaban J connectivity index is 1.55. The molecule has 1 aliphatic heterocycles. The van der Waals surface area contributed by atoms with Gasteiger partial charge in [0.25, 0.3) is 0 Å². The molecule has 0 aliphatic carbocycles. The Labute approximate surface area is 173 Å². The molecule has 8 heteroatoms. The molecule has 1 N–H and O–H groups in total. The van der Waals surface area contributed by atoms with Crippen molar-refractivity contribution in [3.05, 3.63) is 58.8 Å². The van der Waals surface area contributed by atoms with Crippen molar-refractivity contribution in [2.24, 2.45) is 5.41 Å². The van der Waals surface area contributed by atoms with Crippen LogP contribution in [0.3, 0.4) is 0 Å². The number of carbonyl (C=O) groups excluding carboxylic acids is 1. The standard InChI is InChI=1S/C21H19ClN6O/c1-21(2)8-18-16(10-25-28(18)12-21)15-7-19(24-11-17(15)22)27-20(29)6-13-4-3-5-14(9-23)26-13/h3-5,7,10-11H,6,8,12H2,1-2H3,(H,24,27,29). The average Bonchev–Trinajstić information content (AvgIpc) is 3.18. The van der Waals surface area contributed by atoms with Crippen LogP contribution in [0.5, 0.6) is 0 Å². The van der Waals surface area contributed by atoms with Gasteiger partial charge in [-0.05, 0) is 30.0 Å². The molecule has 0 aromatic carbocycles. The maximum atomic E-state index is 12.4. The van der Waals surface area contributed by atoms with Crippen molar-refractivity contribution < 1.29 is 4.79 Å². The van der Waals surface area contributed by atoms with Gasteiger partial charge in [0, 0.05) is 29.6 Å². The molecule has 4 heterocycles. The fraction of sp³-hybridized carbons (Fsp3) is 0.286. The number of nitriles is 1. The molecule has 3 aromatic rings. The van der Waals surface area contributed by atoms with Crippen molar-refractivity contribution >= 4 is 23.3 Å². The van der Waals surface area contributed by atoms with Gasteiger partial charge in [0.1, 0.15) is 17.6 Å². The van der Waals surface area contributed by atoms with E-state index >= 15 is 0 Å². The molecule has 0 radical (unpaired) electrons. The zero-order valence-electron chi connectivity index (χ0n) is 16.1. The van der Waals surface area contributed by atoms with Gasteiger partial charge >= 0.3 is 0 Å². The van der Waals surface area contributed by atoms with Crippen LogP contribution in [0.1, 0.15) is 30.9 Å². The van der Waals surface area contributed by atoms with E-state index in [-0.39, 0.29) is 23.4 Å². The molecule has 0 saturated carbocycles. The van der Waals surface area contributed by atoms with Crippen molar-refractivity contribution in [3.8, 4) is 17.2 Å². The van der Waals surface area contributed by atoms with Gasteiger partial charge in [0.05, 0.1) is 23.3 Å². The topological polar surface area (TPSA) is 96.5 Å².